The number of para-hydroxylation sites is 2. The fourth-order valence-corrected chi connectivity index (χ4v) is 2.25. The Morgan fingerprint density at radius 3 is 2.87 bits per heavy atom. The number of nitrogens with zero attached hydrogens (tertiary/aromatic N) is 1. The predicted molar refractivity (Wildman–Crippen MR) is 64.8 cm³/mol. The van der Waals surface area contributed by atoms with E-state index in [0.717, 1.165) is 31.0 Å². The summed E-state index contributed by atoms with van der Waals surface area (Å²) in [6, 6.07) is 8.07. The maximum absolute atomic E-state index is 5.97. The SMILES string of the molecule is NCC1CCCN(c2ccccc2N)C1. The van der Waals surface area contributed by atoms with Crippen LogP contribution in [-0.4, -0.2) is 19.6 Å². The van der Waals surface area contributed by atoms with E-state index in [2.05, 4.69) is 11.0 Å². The fraction of sp³-hybridized carbons (Fsp3) is 0.500. The average molecular weight is 205 g/mol. The van der Waals surface area contributed by atoms with Crippen molar-refractivity contribution in [1.29, 1.82) is 0 Å². The molecule has 82 valence electrons. The lowest BCUT2D eigenvalue weighted by Gasteiger charge is -2.34. The van der Waals surface area contributed by atoms with Crippen LogP contribution < -0.4 is 16.4 Å². The van der Waals surface area contributed by atoms with Crippen LogP contribution in [0.1, 0.15) is 12.8 Å². The van der Waals surface area contributed by atoms with Gasteiger partial charge in [-0.3, -0.25) is 0 Å². The van der Waals surface area contributed by atoms with Crippen molar-refractivity contribution < 1.29 is 0 Å². The molecule has 0 aliphatic carbocycles. The van der Waals surface area contributed by atoms with Gasteiger partial charge in [-0.2, -0.15) is 0 Å². The van der Waals surface area contributed by atoms with E-state index in [1.807, 2.05) is 18.2 Å². The molecule has 1 aromatic carbocycles. The highest BCUT2D eigenvalue weighted by molar-refractivity contribution is 5.67. The molecule has 4 N–H and O–H groups in total. The molecule has 1 aliphatic rings. The summed E-state index contributed by atoms with van der Waals surface area (Å²) < 4.78 is 0. The zero-order valence-electron chi connectivity index (χ0n) is 9.02. The van der Waals surface area contributed by atoms with Gasteiger partial charge in [-0.15, -0.1) is 0 Å². The van der Waals surface area contributed by atoms with E-state index in [4.69, 9.17) is 11.5 Å². The first-order valence-electron chi connectivity index (χ1n) is 5.61. The van der Waals surface area contributed by atoms with E-state index in [1.54, 1.807) is 0 Å². The minimum atomic E-state index is 0.623. The maximum atomic E-state index is 5.97. The van der Waals surface area contributed by atoms with Crippen molar-refractivity contribution in [3.05, 3.63) is 24.3 Å². The summed E-state index contributed by atoms with van der Waals surface area (Å²) in [6.45, 7) is 2.93. The van der Waals surface area contributed by atoms with Gasteiger partial charge >= 0.3 is 0 Å². The van der Waals surface area contributed by atoms with Crippen molar-refractivity contribution in [3.63, 3.8) is 0 Å². The number of rotatable bonds is 2. The smallest absolute Gasteiger partial charge is 0.0600 e. The lowest BCUT2D eigenvalue weighted by atomic mass is 9.97. The Morgan fingerprint density at radius 1 is 1.33 bits per heavy atom. The molecule has 3 heteroatoms. The van der Waals surface area contributed by atoms with Crippen molar-refractivity contribution in [2.45, 2.75) is 12.8 Å². The highest BCUT2D eigenvalue weighted by Gasteiger charge is 2.19. The van der Waals surface area contributed by atoms with E-state index in [9.17, 15) is 0 Å². The molecule has 1 unspecified atom stereocenters. The third-order valence-corrected chi connectivity index (χ3v) is 3.13. The maximum Gasteiger partial charge on any atom is 0.0600 e. The molecule has 0 bridgehead atoms. The quantitative estimate of drug-likeness (QED) is 0.718. The first-order chi connectivity index (χ1) is 7.31. The van der Waals surface area contributed by atoms with Gasteiger partial charge in [0.25, 0.3) is 0 Å². The van der Waals surface area contributed by atoms with E-state index in [-0.39, 0.29) is 0 Å². The predicted octanol–water partition coefficient (Wildman–Crippen LogP) is 1.44. The molecule has 1 saturated heterocycles. The van der Waals surface area contributed by atoms with Crippen LogP contribution in [0.4, 0.5) is 11.4 Å². The molecule has 1 heterocycles. The van der Waals surface area contributed by atoms with Crippen molar-refractivity contribution in [2.75, 3.05) is 30.3 Å². The van der Waals surface area contributed by atoms with Crippen LogP contribution in [-0.2, 0) is 0 Å². The van der Waals surface area contributed by atoms with Crippen LogP contribution in [0.2, 0.25) is 0 Å². The number of hydrogen-bond donors (Lipinski definition) is 2. The molecule has 0 spiro atoms. The number of nitrogen functional groups attached to an aromatic ring is 1. The van der Waals surface area contributed by atoms with Crippen LogP contribution in [0, 0.1) is 5.92 Å². The summed E-state index contributed by atoms with van der Waals surface area (Å²) in [6.07, 6.45) is 2.47. The molecule has 1 aliphatic heterocycles. The molecule has 1 atom stereocenters. The average Bonchev–Trinajstić information content (AvgIpc) is 2.30. The summed E-state index contributed by atoms with van der Waals surface area (Å²) in [5, 5.41) is 0. The molecule has 2 rings (SSSR count). The zero-order valence-corrected chi connectivity index (χ0v) is 9.02. The van der Waals surface area contributed by atoms with Crippen LogP contribution in [0.15, 0.2) is 24.3 Å². The third-order valence-electron chi connectivity index (χ3n) is 3.13. The lowest BCUT2D eigenvalue weighted by Crippen LogP contribution is -2.38. The van der Waals surface area contributed by atoms with E-state index in [1.165, 1.54) is 12.8 Å². The number of anilines is 2. The fourth-order valence-electron chi connectivity index (χ4n) is 2.25. The Morgan fingerprint density at radius 2 is 2.13 bits per heavy atom. The Hall–Kier alpha value is -1.22. The monoisotopic (exact) mass is 205 g/mol. The van der Waals surface area contributed by atoms with Gasteiger partial charge in [0.2, 0.25) is 0 Å². The van der Waals surface area contributed by atoms with Gasteiger partial charge < -0.3 is 16.4 Å². The van der Waals surface area contributed by atoms with Gasteiger partial charge in [-0.05, 0) is 37.4 Å². The second kappa shape index (κ2) is 4.53. The molecule has 0 amide bonds. The summed E-state index contributed by atoms with van der Waals surface area (Å²) in [7, 11) is 0. The van der Waals surface area contributed by atoms with Crippen molar-refractivity contribution in [2.24, 2.45) is 11.7 Å². The molecular weight excluding hydrogens is 186 g/mol. The van der Waals surface area contributed by atoms with Gasteiger partial charge in [0.1, 0.15) is 0 Å². The normalized spacial score (nSPS) is 21.7. The highest BCUT2D eigenvalue weighted by atomic mass is 15.1. The van der Waals surface area contributed by atoms with E-state index >= 15 is 0 Å². The Bertz CT molecular complexity index is 324. The van der Waals surface area contributed by atoms with Crippen molar-refractivity contribution >= 4 is 11.4 Å². The Labute approximate surface area is 91.1 Å². The summed E-state index contributed by atoms with van der Waals surface area (Å²) in [5.74, 6) is 0.623. The van der Waals surface area contributed by atoms with Crippen LogP contribution in [0.3, 0.4) is 0 Å². The van der Waals surface area contributed by atoms with Gasteiger partial charge in [0.05, 0.1) is 11.4 Å². The first-order valence-corrected chi connectivity index (χ1v) is 5.61. The van der Waals surface area contributed by atoms with Gasteiger partial charge in [-0.1, -0.05) is 12.1 Å². The lowest BCUT2D eigenvalue weighted by molar-refractivity contribution is 0.424. The molecule has 3 nitrogen and oxygen atoms in total. The van der Waals surface area contributed by atoms with Gasteiger partial charge in [0.15, 0.2) is 0 Å². The Balaban J connectivity index is 2.13. The van der Waals surface area contributed by atoms with Crippen LogP contribution in [0.5, 0.6) is 0 Å². The second-order valence-corrected chi connectivity index (χ2v) is 4.25. The number of piperidine rings is 1. The number of nitrogens with two attached hydrogens (primary N) is 2. The second-order valence-electron chi connectivity index (χ2n) is 4.25. The number of hydrogen-bond acceptors (Lipinski definition) is 3. The summed E-state index contributed by atoms with van der Waals surface area (Å²) in [5.41, 5.74) is 13.7. The van der Waals surface area contributed by atoms with E-state index < -0.39 is 0 Å². The summed E-state index contributed by atoms with van der Waals surface area (Å²) in [4.78, 5) is 2.36. The molecule has 0 radical (unpaired) electrons. The summed E-state index contributed by atoms with van der Waals surface area (Å²) >= 11 is 0. The minimum Gasteiger partial charge on any atom is -0.397 e. The molecule has 0 aromatic heterocycles. The Kier molecular flexibility index (Phi) is 3.11. The molecule has 1 fully saturated rings. The van der Waals surface area contributed by atoms with Gasteiger partial charge in [0, 0.05) is 13.1 Å². The largest absolute Gasteiger partial charge is 0.397 e. The topological polar surface area (TPSA) is 55.3 Å². The minimum absolute atomic E-state index is 0.623. The van der Waals surface area contributed by atoms with Gasteiger partial charge in [-0.25, -0.2) is 0 Å². The standard InChI is InChI=1S/C12H19N3/c13-8-10-4-3-7-15(9-10)12-6-2-1-5-11(12)14/h1-2,5-6,10H,3-4,7-9,13-14H2. The molecule has 0 saturated carbocycles. The first kappa shape index (κ1) is 10.3. The van der Waals surface area contributed by atoms with E-state index in [0.29, 0.717) is 5.92 Å². The van der Waals surface area contributed by atoms with Crippen molar-refractivity contribution in [3.8, 4) is 0 Å². The van der Waals surface area contributed by atoms with Crippen LogP contribution >= 0.6 is 0 Å². The zero-order chi connectivity index (χ0) is 10.7. The third kappa shape index (κ3) is 2.23. The van der Waals surface area contributed by atoms with Crippen molar-refractivity contribution in [1.82, 2.24) is 0 Å². The molecule has 15 heavy (non-hydrogen) atoms. The molecule has 1 aromatic rings. The number of benzene rings is 1. The van der Waals surface area contributed by atoms with Crippen LogP contribution in [0.25, 0.3) is 0 Å². The highest BCUT2D eigenvalue weighted by Crippen LogP contribution is 2.27. The molecular formula is C12H19N3.